The minimum atomic E-state index is -0.906. The SMILES string of the molecule is C[C@H](c1ccccc1)N(C)C(=O)CN1C(=O)C(=O)N(C2CCCC2)C1=O. The van der Waals surface area contributed by atoms with Crippen molar-refractivity contribution in [1.82, 2.24) is 14.7 Å². The molecule has 138 valence electrons. The standard InChI is InChI=1S/C19H23N3O4/c1-13(14-8-4-3-5-9-14)20(2)16(23)12-21-17(24)18(25)22(19(21)26)15-10-6-7-11-15/h3-5,8-9,13,15H,6-7,10-12H2,1-2H3/t13-/m1/s1. The van der Waals surface area contributed by atoms with Crippen LogP contribution in [0.5, 0.6) is 0 Å². The van der Waals surface area contributed by atoms with Gasteiger partial charge in [-0.25, -0.2) is 9.69 Å². The average molecular weight is 357 g/mol. The number of rotatable bonds is 5. The van der Waals surface area contributed by atoms with Gasteiger partial charge in [0.05, 0.1) is 6.04 Å². The molecule has 0 bridgehead atoms. The van der Waals surface area contributed by atoms with Gasteiger partial charge in [0, 0.05) is 13.1 Å². The van der Waals surface area contributed by atoms with Crippen molar-refractivity contribution in [2.24, 2.45) is 0 Å². The second kappa shape index (κ2) is 7.27. The van der Waals surface area contributed by atoms with Crippen molar-refractivity contribution in [3.63, 3.8) is 0 Å². The molecule has 0 aromatic heterocycles. The predicted octanol–water partition coefficient (Wildman–Crippen LogP) is 1.94. The number of carbonyl (C=O) groups excluding carboxylic acids is 4. The quantitative estimate of drug-likeness (QED) is 0.596. The molecule has 1 aliphatic carbocycles. The first-order chi connectivity index (χ1) is 12.4. The minimum absolute atomic E-state index is 0.210. The van der Waals surface area contributed by atoms with Gasteiger partial charge < -0.3 is 4.90 Å². The highest BCUT2D eigenvalue weighted by atomic mass is 16.2. The summed E-state index contributed by atoms with van der Waals surface area (Å²) in [4.78, 5) is 52.9. The molecule has 1 heterocycles. The van der Waals surface area contributed by atoms with Crippen LogP contribution in [0.4, 0.5) is 4.79 Å². The Kier molecular flexibility index (Phi) is 5.06. The van der Waals surface area contributed by atoms with E-state index in [0.717, 1.165) is 41.0 Å². The van der Waals surface area contributed by atoms with Gasteiger partial charge in [-0.2, -0.15) is 0 Å². The van der Waals surface area contributed by atoms with E-state index in [0.29, 0.717) is 0 Å². The minimum Gasteiger partial charge on any atom is -0.337 e. The van der Waals surface area contributed by atoms with Crippen molar-refractivity contribution in [3.8, 4) is 0 Å². The second-order valence-corrected chi connectivity index (χ2v) is 6.88. The van der Waals surface area contributed by atoms with Crippen LogP contribution in [0.25, 0.3) is 0 Å². The Balaban J connectivity index is 1.69. The number of likely N-dealkylation sites (N-methyl/N-ethyl adjacent to an activating group) is 1. The molecule has 2 aliphatic rings. The second-order valence-electron chi connectivity index (χ2n) is 6.88. The van der Waals surface area contributed by atoms with Gasteiger partial charge in [0.15, 0.2) is 0 Å². The fourth-order valence-electron chi connectivity index (χ4n) is 3.56. The van der Waals surface area contributed by atoms with Gasteiger partial charge in [-0.1, -0.05) is 43.2 Å². The van der Waals surface area contributed by atoms with Gasteiger partial charge >= 0.3 is 17.8 Å². The number of benzene rings is 1. The van der Waals surface area contributed by atoms with Crippen molar-refractivity contribution in [3.05, 3.63) is 35.9 Å². The lowest BCUT2D eigenvalue weighted by molar-refractivity contribution is -0.145. The smallest absolute Gasteiger partial charge is 0.334 e. The highest BCUT2D eigenvalue weighted by Gasteiger charge is 2.48. The zero-order chi connectivity index (χ0) is 18.8. The lowest BCUT2D eigenvalue weighted by atomic mass is 10.1. The topological polar surface area (TPSA) is 78.0 Å². The van der Waals surface area contributed by atoms with Crippen LogP contribution in [0.2, 0.25) is 0 Å². The number of amides is 5. The molecule has 1 aliphatic heterocycles. The van der Waals surface area contributed by atoms with Crippen LogP contribution in [0, 0.1) is 0 Å². The van der Waals surface area contributed by atoms with Crippen LogP contribution in [-0.4, -0.2) is 58.1 Å². The molecule has 5 amide bonds. The summed E-state index contributed by atoms with van der Waals surface area (Å²) in [5, 5.41) is 0. The third kappa shape index (κ3) is 3.21. The Morgan fingerprint density at radius 2 is 1.73 bits per heavy atom. The van der Waals surface area contributed by atoms with Crippen LogP contribution in [-0.2, 0) is 14.4 Å². The summed E-state index contributed by atoms with van der Waals surface area (Å²) in [6, 6.07) is 8.38. The van der Waals surface area contributed by atoms with E-state index in [-0.39, 0.29) is 18.0 Å². The van der Waals surface area contributed by atoms with Crippen LogP contribution in [0.3, 0.4) is 0 Å². The summed E-state index contributed by atoms with van der Waals surface area (Å²) in [7, 11) is 1.63. The van der Waals surface area contributed by atoms with E-state index in [9.17, 15) is 19.2 Å². The van der Waals surface area contributed by atoms with E-state index < -0.39 is 24.4 Å². The molecule has 3 rings (SSSR count). The third-order valence-corrected chi connectivity index (χ3v) is 5.32. The highest BCUT2D eigenvalue weighted by Crippen LogP contribution is 2.28. The number of hydrogen-bond acceptors (Lipinski definition) is 4. The molecule has 0 unspecified atom stereocenters. The molecule has 1 saturated heterocycles. The Hall–Kier alpha value is -2.70. The van der Waals surface area contributed by atoms with Crippen LogP contribution >= 0.6 is 0 Å². The van der Waals surface area contributed by atoms with E-state index in [1.807, 2.05) is 37.3 Å². The Morgan fingerprint density at radius 3 is 2.35 bits per heavy atom. The van der Waals surface area contributed by atoms with Gasteiger partial charge in [-0.3, -0.25) is 19.3 Å². The summed E-state index contributed by atoms with van der Waals surface area (Å²) in [5.74, 6) is -2.10. The normalized spacial score (nSPS) is 19.4. The molecule has 7 nitrogen and oxygen atoms in total. The maximum atomic E-state index is 12.6. The van der Waals surface area contributed by atoms with Crippen LogP contribution in [0.15, 0.2) is 30.3 Å². The zero-order valence-corrected chi connectivity index (χ0v) is 15.1. The third-order valence-electron chi connectivity index (χ3n) is 5.32. The first kappa shape index (κ1) is 18.1. The maximum absolute atomic E-state index is 12.6. The van der Waals surface area contributed by atoms with E-state index in [1.54, 1.807) is 7.05 Å². The molecular formula is C19H23N3O4. The van der Waals surface area contributed by atoms with E-state index >= 15 is 0 Å². The molecule has 7 heteroatoms. The lowest BCUT2D eigenvalue weighted by Crippen LogP contribution is -2.44. The summed E-state index contributed by atoms with van der Waals surface area (Å²) in [6.45, 7) is 1.46. The van der Waals surface area contributed by atoms with Crippen molar-refractivity contribution < 1.29 is 19.2 Å². The summed E-state index contributed by atoms with van der Waals surface area (Å²) in [5.41, 5.74) is 0.950. The molecule has 1 aromatic carbocycles. The predicted molar refractivity (Wildman–Crippen MR) is 93.8 cm³/mol. The van der Waals surface area contributed by atoms with Gasteiger partial charge in [-0.15, -0.1) is 0 Å². The fraction of sp³-hybridized carbons (Fsp3) is 0.474. The van der Waals surface area contributed by atoms with Gasteiger partial charge in [0.25, 0.3) is 0 Å². The number of hydrogen-bond donors (Lipinski definition) is 0. The molecule has 0 spiro atoms. The number of nitrogens with zero attached hydrogens (tertiary/aromatic N) is 3. The molecule has 2 fully saturated rings. The molecule has 1 atom stereocenters. The summed E-state index contributed by atoms with van der Waals surface area (Å²) >= 11 is 0. The number of carbonyl (C=O) groups is 4. The first-order valence-electron chi connectivity index (χ1n) is 8.91. The molecular weight excluding hydrogens is 334 g/mol. The van der Waals surface area contributed by atoms with Crippen molar-refractivity contribution in [1.29, 1.82) is 0 Å². The summed E-state index contributed by atoms with van der Waals surface area (Å²) < 4.78 is 0. The molecule has 0 radical (unpaired) electrons. The van der Waals surface area contributed by atoms with Crippen molar-refractivity contribution in [2.45, 2.75) is 44.7 Å². The van der Waals surface area contributed by atoms with Gasteiger partial charge in [0.2, 0.25) is 5.91 Å². The number of imide groups is 2. The largest absolute Gasteiger partial charge is 0.337 e. The Morgan fingerprint density at radius 1 is 1.12 bits per heavy atom. The Bertz CT molecular complexity index is 728. The Labute approximate surface area is 152 Å². The zero-order valence-electron chi connectivity index (χ0n) is 15.1. The van der Waals surface area contributed by atoms with Gasteiger partial charge in [-0.05, 0) is 25.3 Å². The van der Waals surface area contributed by atoms with Crippen molar-refractivity contribution >= 4 is 23.8 Å². The molecule has 1 saturated carbocycles. The lowest BCUT2D eigenvalue weighted by Gasteiger charge is -2.27. The van der Waals surface area contributed by atoms with Crippen LogP contribution in [0.1, 0.15) is 44.2 Å². The molecule has 0 N–H and O–H groups in total. The maximum Gasteiger partial charge on any atom is 0.334 e. The molecule has 26 heavy (non-hydrogen) atoms. The highest BCUT2D eigenvalue weighted by molar-refractivity contribution is 6.45. The van der Waals surface area contributed by atoms with E-state index in [1.165, 1.54) is 4.90 Å². The number of urea groups is 1. The fourth-order valence-corrected chi connectivity index (χ4v) is 3.56. The average Bonchev–Trinajstić information content (AvgIpc) is 3.24. The van der Waals surface area contributed by atoms with Gasteiger partial charge in [0.1, 0.15) is 6.54 Å². The van der Waals surface area contributed by atoms with Crippen LogP contribution < -0.4 is 0 Å². The molecule has 1 aromatic rings. The monoisotopic (exact) mass is 357 g/mol. The first-order valence-corrected chi connectivity index (χ1v) is 8.91. The van der Waals surface area contributed by atoms with E-state index in [2.05, 4.69) is 0 Å². The van der Waals surface area contributed by atoms with Crippen molar-refractivity contribution in [2.75, 3.05) is 13.6 Å². The van der Waals surface area contributed by atoms with E-state index in [4.69, 9.17) is 0 Å². The summed E-state index contributed by atoms with van der Waals surface area (Å²) in [6.07, 6.45) is 3.31.